The Morgan fingerprint density at radius 2 is 1.85 bits per heavy atom. The molecule has 1 aliphatic heterocycles. The second-order valence-electron chi connectivity index (χ2n) is 8.68. The lowest BCUT2D eigenvalue weighted by Gasteiger charge is -2.29. The normalized spacial score (nSPS) is 16.3. The van der Waals surface area contributed by atoms with Crippen LogP contribution in [0.1, 0.15) is 35.1 Å². The minimum Gasteiger partial charge on any atom is -0.399 e. The van der Waals surface area contributed by atoms with Gasteiger partial charge < -0.3 is 16.4 Å². The van der Waals surface area contributed by atoms with Crippen LogP contribution in [-0.2, 0) is 25.7 Å². The summed E-state index contributed by atoms with van der Waals surface area (Å²) >= 11 is 0. The standard InChI is InChI=1S/C24H25F3N6/c25-24(26,27)21-12-29-23(32-22(21)30-19-7-8-19)31-20-6-3-17-14-33(10-9-16(17)11-20)13-15-1-4-18(28)5-2-15/h1-6,11-12,19H,7-10,13-14,28H2,(H2,29,30,31,32). The highest BCUT2D eigenvalue weighted by atomic mass is 19.4. The molecule has 0 amide bonds. The van der Waals surface area contributed by atoms with Crippen LogP contribution in [0.15, 0.2) is 48.7 Å². The van der Waals surface area contributed by atoms with E-state index in [4.69, 9.17) is 5.73 Å². The van der Waals surface area contributed by atoms with Crippen molar-refractivity contribution in [3.05, 3.63) is 70.9 Å². The summed E-state index contributed by atoms with van der Waals surface area (Å²) in [5, 5.41) is 5.94. The van der Waals surface area contributed by atoms with Crippen molar-refractivity contribution in [2.75, 3.05) is 22.9 Å². The maximum atomic E-state index is 13.3. The number of nitrogens with zero attached hydrogens (tertiary/aromatic N) is 3. The fourth-order valence-electron chi connectivity index (χ4n) is 4.02. The van der Waals surface area contributed by atoms with Gasteiger partial charge in [-0.05, 0) is 60.2 Å². The second kappa shape index (κ2) is 8.55. The van der Waals surface area contributed by atoms with Crippen molar-refractivity contribution in [1.29, 1.82) is 0 Å². The van der Waals surface area contributed by atoms with E-state index in [1.54, 1.807) is 0 Å². The van der Waals surface area contributed by atoms with Gasteiger partial charge in [-0.15, -0.1) is 0 Å². The van der Waals surface area contributed by atoms with Crippen LogP contribution in [0.5, 0.6) is 0 Å². The quantitative estimate of drug-likeness (QED) is 0.457. The maximum Gasteiger partial charge on any atom is 0.421 e. The fourth-order valence-corrected chi connectivity index (χ4v) is 4.02. The van der Waals surface area contributed by atoms with E-state index in [0.717, 1.165) is 56.5 Å². The van der Waals surface area contributed by atoms with Gasteiger partial charge in [-0.2, -0.15) is 18.2 Å². The lowest BCUT2D eigenvalue weighted by molar-refractivity contribution is -0.137. The van der Waals surface area contributed by atoms with E-state index in [1.165, 1.54) is 16.7 Å². The first-order valence-corrected chi connectivity index (χ1v) is 11.0. The molecule has 0 spiro atoms. The van der Waals surface area contributed by atoms with Crippen molar-refractivity contribution < 1.29 is 13.2 Å². The SMILES string of the molecule is Nc1ccc(CN2CCc3cc(Nc4ncc(C(F)(F)F)c(NC5CC5)n4)ccc3C2)cc1. The minimum atomic E-state index is -4.50. The molecule has 1 saturated carbocycles. The van der Waals surface area contributed by atoms with Crippen LogP contribution in [0.25, 0.3) is 0 Å². The van der Waals surface area contributed by atoms with Gasteiger partial charge in [-0.3, -0.25) is 4.90 Å². The number of aromatic nitrogens is 2. The number of nitrogens with two attached hydrogens (primary N) is 1. The van der Waals surface area contributed by atoms with E-state index in [1.807, 2.05) is 36.4 Å². The number of hydrogen-bond acceptors (Lipinski definition) is 6. The first kappa shape index (κ1) is 21.5. The molecule has 0 bridgehead atoms. The predicted molar refractivity (Wildman–Crippen MR) is 122 cm³/mol. The second-order valence-corrected chi connectivity index (χ2v) is 8.68. The molecule has 3 aromatic rings. The van der Waals surface area contributed by atoms with Crippen molar-refractivity contribution in [3.63, 3.8) is 0 Å². The lowest BCUT2D eigenvalue weighted by atomic mass is 9.98. The molecule has 6 nitrogen and oxygen atoms in total. The monoisotopic (exact) mass is 454 g/mol. The van der Waals surface area contributed by atoms with Gasteiger partial charge in [0.05, 0.1) is 0 Å². The summed E-state index contributed by atoms with van der Waals surface area (Å²) in [7, 11) is 0. The molecule has 1 fully saturated rings. The smallest absolute Gasteiger partial charge is 0.399 e. The molecule has 0 radical (unpaired) electrons. The van der Waals surface area contributed by atoms with Crippen molar-refractivity contribution >= 4 is 23.1 Å². The van der Waals surface area contributed by atoms with Gasteiger partial charge in [0.15, 0.2) is 0 Å². The molecule has 1 aliphatic carbocycles. The Morgan fingerprint density at radius 3 is 2.58 bits per heavy atom. The Hall–Kier alpha value is -3.33. The average Bonchev–Trinajstić information content (AvgIpc) is 3.59. The number of anilines is 4. The van der Waals surface area contributed by atoms with Crippen LogP contribution < -0.4 is 16.4 Å². The molecule has 33 heavy (non-hydrogen) atoms. The number of rotatable bonds is 6. The molecular weight excluding hydrogens is 429 g/mol. The highest BCUT2D eigenvalue weighted by Gasteiger charge is 2.37. The van der Waals surface area contributed by atoms with E-state index in [2.05, 4.69) is 31.6 Å². The van der Waals surface area contributed by atoms with Crippen LogP contribution >= 0.6 is 0 Å². The third-order valence-corrected chi connectivity index (χ3v) is 5.95. The molecule has 172 valence electrons. The summed E-state index contributed by atoms with van der Waals surface area (Å²) in [6.45, 7) is 2.62. The van der Waals surface area contributed by atoms with Gasteiger partial charge in [-0.25, -0.2) is 4.98 Å². The molecule has 2 heterocycles. The molecular formula is C24H25F3N6. The third kappa shape index (κ3) is 5.19. The molecule has 2 aliphatic rings. The number of nitrogens with one attached hydrogen (secondary N) is 2. The number of hydrogen-bond donors (Lipinski definition) is 3. The predicted octanol–water partition coefficient (Wildman–Crippen LogP) is 4.95. The van der Waals surface area contributed by atoms with E-state index in [0.29, 0.717) is 0 Å². The van der Waals surface area contributed by atoms with Crippen LogP contribution in [0.3, 0.4) is 0 Å². The number of alkyl halides is 3. The summed E-state index contributed by atoms with van der Waals surface area (Å²) in [5.74, 6) is -0.0225. The Bertz CT molecular complexity index is 1140. The summed E-state index contributed by atoms with van der Waals surface area (Å²) in [6, 6.07) is 14.0. The van der Waals surface area contributed by atoms with Crippen LogP contribution in [-0.4, -0.2) is 27.5 Å². The summed E-state index contributed by atoms with van der Waals surface area (Å²) in [6.07, 6.45) is -1.07. The van der Waals surface area contributed by atoms with Crippen LogP contribution in [0, 0.1) is 0 Å². The van der Waals surface area contributed by atoms with E-state index < -0.39 is 11.7 Å². The Morgan fingerprint density at radius 1 is 1.06 bits per heavy atom. The zero-order chi connectivity index (χ0) is 23.0. The average molecular weight is 455 g/mol. The largest absolute Gasteiger partial charge is 0.421 e. The Balaban J connectivity index is 1.28. The highest BCUT2D eigenvalue weighted by molar-refractivity contribution is 5.59. The van der Waals surface area contributed by atoms with Crippen molar-refractivity contribution in [2.45, 2.75) is 44.6 Å². The van der Waals surface area contributed by atoms with E-state index in [-0.39, 0.29) is 17.8 Å². The zero-order valence-corrected chi connectivity index (χ0v) is 18.0. The molecule has 9 heteroatoms. The first-order valence-electron chi connectivity index (χ1n) is 11.0. The van der Waals surface area contributed by atoms with Gasteiger partial charge in [0.25, 0.3) is 0 Å². The van der Waals surface area contributed by atoms with Crippen molar-refractivity contribution in [2.24, 2.45) is 0 Å². The fraction of sp³-hybridized carbons (Fsp3) is 0.333. The maximum absolute atomic E-state index is 13.3. The molecule has 2 aromatic carbocycles. The van der Waals surface area contributed by atoms with Crippen LogP contribution in [0.4, 0.5) is 36.3 Å². The first-order chi connectivity index (χ1) is 15.8. The molecule has 0 saturated heterocycles. The van der Waals surface area contributed by atoms with Gasteiger partial charge in [0.2, 0.25) is 5.95 Å². The Kier molecular flexibility index (Phi) is 5.57. The third-order valence-electron chi connectivity index (χ3n) is 5.95. The number of benzene rings is 2. The van der Waals surface area contributed by atoms with Gasteiger partial charge in [0.1, 0.15) is 11.4 Å². The number of fused-ring (bicyclic) bond motifs is 1. The summed E-state index contributed by atoms with van der Waals surface area (Å²) < 4.78 is 39.9. The number of nitrogen functional groups attached to an aromatic ring is 1. The highest BCUT2D eigenvalue weighted by Crippen LogP contribution is 2.36. The minimum absolute atomic E-state index is 0.0498. The van der Waals surface area contributed by atoms with Gasteiger partial charge >= 0.3 is 6.18 Å². The van der Waals surface area contributed by atoms with Crippen LogP contribution in [0.2, 0.25) is 0 Å². The van der Waals surface area contributed by atoms with Crippen molar-refractivity contribution in [3.8, 4) is 0 Å². The number of halogens is 3. The molecule has 0 atom stereocenters. The zero-order valence-electron chi connectivity index (χ0n) is 18.0. The molecule has 1 aromatic heterocycles. The lowest BCUT2D eigenvalue weighted by Crippen LogP contribution is -2.30. The topological polar surface area (TPSA) is 79.1 Å². The molecule has 5 rings (SSSR count). The Labute approximate surface area is 190 Å². The van der Waals surface area contributed by atoms with Crippen molar-refractivity contribution in [1.82, 2.24) is 14.9 Å². The summed E-state index contributed by atoms with van der Waals surface area (Å²) in [4.78, 5) is 10.4. The van der Waals surface area contributed by atoms with Gasteiger partial charge in [-0.1, -0.05) is 18.2 Å². The van der Waals surface area contributed by atoms with Gasteiger partial charge in [0, 0.05) is 43.2 Å². The summed E-state index contributed by atoms with van der Waals surface area (Å²) in [5.41, 5.74) is 10.1. The molecule has 0 unspecified atom stereocenters. The van der Waals surface area contributed by atoms with E-state index in [9.17, 15) is 13.2 Å². The van der Waals surface area contributed by atoms with E-state index >= 15 is 0 Å². The molecule has 4 N–H and O–H groups in total.